The largest absolute Gasteiger partial charge is 0.329 e. The van der Waals surface area contributed by atoms with E-state index in [9.17, 15) is 9.59 Å². The number of para-hydroxylation sites is 1. The van der Waals surface area contributed by atoms with E-state index in [2.05, 4.69) is 5.32 Å². The molecule has 1 N–H and O–H groups in total. The molecule has 0 unspecified atom stereocenters. The van der Waals surface area contributed by atoms with Crippen LogP contribution in [0.3, 0.4) is 0 Å². The molecule has 0 radical (unpaired) electrons. The predicted octanol–water partition coefficient (Wildman–Crippen LogP) is 1.62. The van der Waals surface area contributed by atoms with Gasteiger partial charge in [-0.25, -0.2) is 0 Å². The zero-order chi connectivity index (χ0) is 12.4. The zero-order valence-corrected chi connectivity index (χ0v) is 10.1. The first-order chi connectivity index (χ1) is 8.08. The van der Waals surface area contributed by atoms with Crippen molar-refractivity contribution in [2.75, 3.05) is 11.9 Å². The van der Waals surface area contributed by atoms with Crippen molar-refractivity contribution < 1.29 is 9.59 Å². The van der Waals surface area contributed by atoms with Gasteiger partial charge in [-0.1, -0.05) is 32.0 Å². The number of hydrogen-bond acceptors (Lipinski definition) is 2. The van der Waals surface area contributed by atoms with E-state index >= 15 is 0 Å². The fourth-order valence-electron chi connectivity index (χ4n) is 1.93. The fraction of sp³-hybridized carbons (Fsp3) is 0.385. The minimum Gasteiger partial charge on any atom is -0.329 e. The average Bonchev–Trinajstić information content (AvgIpc) is 2.45. The number of fused-ring (bicyclic) bond motifs is 1. The Morgan fingerprint density at radius 3 is 2.71 bits per heavy atom. The number of nitrogens with zero attached hydrogens (tertiary/aromatic N) is 1. The summed E-state index contributed by atoms with van der Waals surface area (Å²) in [6.07, 6.45) is 0. The van der Waals surface area contributed by atoms with Crippen LogP contribution in [0, 0.1) is 5.92 Å². The Bertz CT molecular complexity index is 454. The van der Waals surface area contributed by atoms with Crippen LogP contribution in [0.15, 0.2) is 24.3 Å². The topological polar surface area (TPSA) is 49.4 Å². The molecule has 0 atom stereocenters. The number of anilines is 1. The molecule has 17 heavy (non-hydrogen) atoms. The van der Waals surface area contributed by atoms with Crippen molar-refractivity contribution in [3.8, 4) is 0 Å². The number of nitrogens with one attached hydrogen (secondary N) is 1. The van der Waals surface area contributed by atoms with Gasteiger partial charge in [0.15, 0.2) is 0 Å². The Balaban J connectivity index is 2.29. The van der Waals surface area contributed by atoms with Gasteiger partial charge in [0, 0.05) is 18.2 Å². The third-order valence-corrected chi connectivity index (χ3v) is 2.79. The van der Waals surface area contributed by atoms with E-state index in [0.29, 0.717) is 6.54 Å². The van der Waals surface area contributed by atoms with Gasteiger partial charge >= 0.3 is 0 Å². The third-order valence-electron chi connectivity index (χ3n) is 2.79. The summed E-state index contributed by atoms with van der Waals surface area (Å²) >= 11 is 0. The summed E-state index contributed by atoms with van der Waals surface area (Å²) in [5.74, 6) is -0.214. The van der Waals surface area contributed by atoms with Crippen LogP contribution < -0.4 is 5.32 Å². The van der Waals surface area contributed by atoms with Crippen molar-refractivity contribution in [1.82, 2.24) is 4.90 Å². The minimum absolute atomic E-state index is 0.0110. The first-order valence-electron chi connectivity index (χ1n) is 5.74. The van der Waals surface area contributed by atoms with Gasteiger partial charge in [-0.15, -0.1) is 0 Å². The van der Waals surface area contributed by atoms with Gasteiger partial charge in [0.25, 0.3) is 0 Å². The lowest BCUT2D eigenvalue weighted by Gasteiger charge is -2.21. The Labute approximate surface area is 101 Å². The van der Waals surface area contributed by atoms with Crippen molar-refractivity contribution in [2.45, 2.75) is 20.4 Å². The molecule has 0 bridgehead atoms. The maximum Gasteiger partial charge on any atom is 0.244 e. The summed E-state index contributed by atoms with van der Waals surface area (Å²) in [6.45, 7) is 4.31. The highest BCUT2D eigenvalue weighted by Crippen LogP contribution is 2.21. The zero-order valence-electron chi connectivity index (χ0n) is 10.1. The SMILES string of the molecule is CC(C)C(=O)N1CC(=O)Nc2ccccc2C1. The molecule has 2 rings (SSSR count). The van der Waals surface area contributed by atoms with E-state index in [1.54, 1.807) is 4.90 Å². The number of benzene rings is 1. The number of hydrogen-bond donors (Lipinski definition) is 1. The highest BCUT2D eigenvalue weighted by atomic mass is 16.2. The highest BCUT2D eigenvalue weighted by Gasteiger charge is 2.24. The molecule has 0 saturated heterocycles. The molecule has 1 aromatic rings. The van der Waals surface area contributed by atoms with Crippen molar-refractivity contribution >= 4 is 17.5 Å². The van der Waals surface area contributed by atoms with Crippen molar-refractivity contribution in [3.05, 3.63) is 29.8 Å². The maximum absolute atomic E-state index is 12.0. The molecular formula is C13H16N2O2. The Kier molecular flexibility index (Phi) is 3.13. The molecule has 4 nitrogen and oxygen atoms in total. The van der Waals surface area contributed by atoms with Gasteiger partial charge in [0.2, 0.25) is 11.8 Å². The van der Waals surface area contributed by atoms with E-state index in [1.165, 1.54) is 0 Å². The molecule has 2 amide bonds. The average molecular weight is 232 g/mol. The normalized spacial score (nSPS) is 15.2. The van der Waals surface area contributed by atoms with Crippen LogP contribution in [0.2, 0.25) is 0 Å². The molecule has 0 spiro atoms. The Morgan fingerprint density at radius 2 is 2.00 bits per heavy atom. The van der Waals surface area contributed by atoms with Crippen molar-refractivity contribution in [3.63, 3.8) is 0 Å². The Hall–Kier alpha value is -1.84. The monoisotopic (exact) mass is 232 g/mol. The second-order valence-corrected chi connectivity index (χ2v) is 4.55. The predicted molar refractivity (Wildman–Crippen MR) is 65.3 cm³/mol. The molecule has 0 aromatic heterocycles. The number of rotatable bonds is 1. The van der Waals surface area contributed by atoms with Crippen LogP contribution in [-0.2, 0) is 16.1 Å². The molecular weight excluding hydrogens is 216 g/mol. The van der Waals surface area contributed by atoms with Crippen LogP contribution in [0.4, 0.5) is 5.69 Å². The van der Waals surface area contributed by atoms with Gasteiger partial charge in [0.1, 0.15) is 6.54 Å². The first-order valence-corrected chi connectivity index (χ1v) is 5.74. The van der Waals surface area contributed by atoms with Crippen LogP contribution in [0.5, 0.6) is 0 Å². The standard InChI is InChI=1S/C13H16N2O2/c1-9(2)13(17)15-7-10-5-3-4-6-11(10)14-12(16)8-15/h3-6,9H,7-8H2,1-2H3,(H,14,16). The quantitative estimate of drug-likeness (QED) is 0.800. The second kappa shape index (κ2) is 4.57. The van der Waals surface area contributed by atoms with Crippen LogP contribution in [-0.4, -0.2) is 23.3 Å². The summed E-state index contributed by atoms with van der Waals surface area (Å²) in [6, 6.07) is 7.57. The van der Waals surface area contributed by atoms with E-state index in [-0.39, 0.29) is 24.3 Å². The Morgan fingerprint density at radius 1 is 1.29 bits per heavy atom. The maximum atomic E-state index is 12.0. The summed E-state index contributed by atoms with van der Waals surface area (Å²) in [5, 5.41) is 2.81. The summed E-state index contributed by atoms with van der Waals surface area (Å²) in [4.78, 5) is 25.2. The molecule has 1 aromatic carbocycles. The molecule has 0 fully saturated rings. The third kappa shape index (κ3) is 2.46. The molecule has 1 aliphatic rings. The fourth-order valence-corrected chi connectivity index (χ4v) is 1.93. The van der Waals surface area contributed by atoms with Gasteiger partial charge in [-0.3, -0.25) is 9.59 Å². The molecule has 1 aliphatic heterocycles. The van der Waals surface area contributed by atoms with Gasteiger partial charge < -0.3 is 10.2 Å². The molecule has 1 heterocycles. The lowest BCUT2D eigenvalue weighted by atomic mass is 10.1. The van der Waals surface area contributed by atoms with E-state index in [0.717, 1.165) is 11.3 Å². The van der Waals surface area contributed by atoms with Gasteiger partial charge in [-0.2, -0.15) is 0 Å². The molecule has 4 heteroatoms. The van der Waals surface area contributed by atoms with Crippen LogP contribution in [0.1, 0.15) is 19.4 Å². The molecule has 90 valence electrons. The van der Waals surface area contributed by atoms with E-state index < -0.39 is 0 Å². The van der Waals surface area contributed by atoms with Crippen LogP contribution >= 0.6 is 0 Å². The smallest absolute Gasteiger partial charge is 0.244 e. The molecule has 0 saturated carbocycles. The summed E-state index contributed by atoms with van der Waals surface area (Å²) in [7, 11) is 0. The van der Waals surface area contributed by atoms with E-state index in [1.807, 2.05) is 38.1 Å². The lowest BCUT2D eigenvalue weighted by molar-refractivity contribution is -0.137. The van der Waals surface area contributed by atoms with Gasteiger partial charge in [0.05, 0.1) is 0 Å². The van der Waals surface area contributed by atoms with Gasteiger partial charge in [-0.05, 0) is 11.6 Å². The van der Waals surface area contributed by atoms with E-state index in [4.69, 9.17) is 0 Å². The first kappa shape index (κ1) is 11.6. The minimum atomic E-state index is -0.135. The number of carbonyl (C=O) groups excluding carboxylic acids is 2. The highest BCUT2D eigenvalue weighted by molar-refractivity contribution is 5.96. The number of amides is 2. The lowest BCUT2D eigenvalue weighted by Crippen LogP contribution is -2.37. The summed E-state index contributed by atoms with van der Waals surface area (Å²) < 4.78 is 0. The number of carbonyl (C=O) groups is 2. The van der Waals surface area contributed by atoms with Crippen LogP contribution in [0.25, 0.3) is 0 Å². The van der Waals surface area contributed by atoms with Crippen molar-refractivity contribution in [1.29, 1.82) is 0 Å². The molecule has 0 aliphatic carbocycles. The summed E-state index contributed by atoms with van der Waals surface area (Å²) in [5.41, 5.74) is 1.78. The van der Waals surface area contributed by atoms with Crippen molar-refractivity contribution in [2.24, 2.45) is 5.92 Å². The second-order valence-electron chi connectivity index (χ2n) is 4.55.